The maximum atomic E-state index is 13.9. The lowest BCUT2D eigenvalue weighted by molar-refractivity contribution is -0.137. The Hall–Kier alpha value is -3.93. The molecule has 0 aliphatic rings. The summed E-state index contributed by atoms with van der Waals surface area (Å²) in [6.07, 6.45) is -4.68. The van der Waals surface area contributed by atoms with Gasteiger partial charge in [-0.3, -0.25) is 4.79 Å². The van der Waals surface area contributed by atoms with Crippen molar-refractivity contribution in [3.8, 4) is 11.5 Å². The normalized spacial score (nSPS) is 12.2. The quantitative estimate of drug-likeness (QED) is 0.200. The highest BCUT2D eigenvalue weighted by Crippen LogP contribution is 2.31. The fourth-order valence-corrected chi connectivity index (χ4v) is 4.00. The molecule has 1 N–H and O–H groups in total. The number of nitrogens with zero attached hydrogens (tertiary/aromatic N) is 1. The minimum atomic E-state index is -4.64. The molecule has 0 aromatic heterocycles. The molecule has 0 bridgehead atoms. The van der Waals surface area contributed by atoms with Gasteiger partial charge in [0, 0.05) is 5.56 Å². The fraction of sp³-hybridized carbons (Fsp3) is 0.167. The molecule has 0 fully saturated rings. The Kier molecular flexibility index (Phi) is 7.98. The summed E-state index contributed by atoms with van der Waals surface area (Å²) >= 11 is 0. The number of hydrogen-bond donors (Lipinski definition) is 1. The summed E-state index contributed by atoms with van der Waals surface area (Å²) in [6, 6.07) is 12.4. The van der Waals surface area contributed by atoms with Gasteiger partial charge in [0.1, 0.15) is 16.5 Å². The molecule has 0 saturated heterocycles. The van der Waals surface area contributed by atoms with Crippen LogP contribution in [-0.2, 0) is 27.5 Å². The van der Waals surface area contributed by atoms with Crippen molar-refractivity contribution in [2.24, 2.45) is 5.10 Å². The lowest BCUT2D eigenvalue weighted by atomic mass is 10.1. The number of hydrogen-bond acceptors (Lipinski definition) is 6. The van der Waals surface area contributed by atoms with E-state index in [0.717, 1.165) is 30.3 Å². The monoisotopic (exact) mass is 524 g/mol. The zero-order valence-electron chi connectivity index (χ0n) is 19.0. The molecule has 0 aliphatic carbocycles. The SMILES string of the molecule is COc1cccc(CC(=O)NN=C(C)c2cc(F)ccc2OS(=O)(=O)c2ccc(C(F)(F)F)cc2)c1. The molecular weight excluding hydrogens is 504 g/mol. The lowest BCUT2D eigenvalue weighted by Crippen LogP contribution is -2.21. The van der Waals surface area contributed by atoms with E-state index in [9.17, 15) is 30.8 Å². The highest BCUT2D eigenvalue weighted by molar-refractivity contribution is 7.87. The molecule has 0 atom stereocenters. The van der Waals surface area contributed by atoms with E-state index in [1.807, 2.05) is 0 Å². The van der Waals surface area contributed by atoms with Gasteiger partial charge < -0.3 is 8.92 Å². The summed E-state index contributed by atoms with van der Waals surface area (Å²) in [5, 5.41) is 3.90. The first kappa shape index (κ1) is 26.7. The van der Waals surface area contributed by atoms with Crippen LogP contribution in [0.25, 0.3) is 0 Å². The van der Waals surface area contributed by atoms with E-state index in [4.69, 9.17) is 8.92 Å². The molecule has 0 spiro atoms. The number of carbonyl (C=O) groups excluding carboxylic acids is 1. The first-order valence-electron chi connectivity index (χ1n) is 10.3. The van der Waals surface area contributed by atoms with Crippen molar-refractivity contribution in [3.05, 3.63) is 89.2 Å². The Morgan fingerprint density at radius 2 is 1.72 bits per heavy atom. The number of methoxy groups -OCH3 is 1. The number of nitrogens with one attached hydrogen (secondary N) is 1. The predicted octanol–water partition coefficient (Wildman–Crippen LogP) is 4.70. The van der Waals surface area contributed by atoms with Crippen molar-refractivity contribution in [1.82, 2.24) is 5.43 Å². The van der Waals surface area contributed by atoms with E-state index in [2.05, 4.69) is 10.5 Å². The number of amides is 1. The van der Waals surface area contributed by atoms with Crippen molar-refractivity contribution in [3.63, 3.8) is 0 Å². The first-order valence-corrected chi connectivity index (χ1v) is 11.7. The van der Waals surface area contributed by atoms with Gasteiger partial charge in [0.25, 0.3) is 0 Å². The molecule has 0 heterocycles. The zero-order valence-corrected chi connectivity index (χ0v) is 19.8. The number of rotatable bonds is 8. The molecule has 12 heteroatoms. The highest BCUT2D eigenvalue weighted by Gasteiger charge is 2.31. The molecule has 7 nitrogen and oxygen atoms in total. The van der Waals surface area contributed by atoms with Crippen LogP contribution < -0.4 is 14.3 Å². The molecule has 0 radical (unpaired) electrons. The minimum Gasteiger partial charge on any atom is -0.497 e. The van der Waals surface area contributed by atoms with Crippen molar-refractivity contribution in [2.45, 2.75) is 24.4 Å². The second-order valence-electron chi connectivity index (χ2n) is 7.46. The maximum absolute atomic E-state index is 13.9. The molecule has 3 aromatic rings. The van der Waals surface area contributed by atoms with Crippen LogP contribution in [0.15, 0.2) is 76.7 Å². The van der Waals surface area contributed by atoms with Gasteiger partial charge in [-0.1, -0.05) is 12.1 Å². The van der Waals surface area contributed by atoms with Gasteiger partial charge in [0.2, 0.25) is 5.91 Å². The largest absolute Gasteiger partial charge is 0.497 e. The number of alkyl halides is 3. The second kappa shape index (κ2) is 10.8. The third-order valence-corrected chi connectivity index (χ3v) is 6.10. The fourth-order valence-electron chi connectivity index (χ4n) is 3.05. The molecule has 0 saturated carbocycles. The maximum Gasteiger partial charge on any atom is 0.416 e. The van der Waals surface area contributed by atoms with Crippen LogP contribution in [0, 0.1) is 5.82 Å². The van der Waals surface area contributed by atoms with Gasteiger partial charge in [-0.15, -0.1) is 0 Å². The second-order valence-corrected chi connectivity index (χ2v) is 9.01. The molecule has 190 valence electrons. The van der Waals surface area contributed by atoms with E-state index in [-0.39, 0.29) is 23.4 Å². The third kappa shape index (κ3) is 6.81. The Labute approximate surface area is 204 Å². The van der Waals surface area contributed by atoms with E-state index < -0.39 is 38.5 Å². The lowest BCUT2D eigenvalue weighted by Gasteiger charge is -2.13. The molecule has 3 aromatic carbocycles. The molecule has 0 unspecified atom stereocenters. The summed E-state index contributed by atoms with van der Waals surface area (Å²) in [5.74, 6) is -1.00. The molecule has 3 rings (SSSR count). The summed E-state index contributed by atoms with van der Waals surface area (Å²) in [6.45, 7) is 1.39. The molecule has 0 aliphatic heterocycles. The van der Waals surface area contributed by atoms with Crippen LogP contribution in [-0.4, -0.2) is 27.1 Å². The summed E-state index contributed by atoms with van der Waals surface area (Å²) in [4.78, 5) is 11.7. The van der Waals surface area contributed by atoms with Crippen LogP contribution in [0.3, 0.4) is 0 Å². The number of benzene rings is 3. The van der Waals surface area contributed by atoms with Gasteiger partial charge >= 0.3 is 16.3 Å². The van der Waals surface area contributed by atoms with Crippen molar-refractivity contribution < 1.29 is 39.7 Å². The molecular formula is C24H20F4N2O5S. The summed E-state index contributed by atoms with van der Waals surface area (Å²) in [7, 11) is -3.08. The van der Waals surface area contributed by atoms with Gasteiger partial charge in [0.15, 0.2) is 5.75 Å². The van der Waals surface area contributed by atoms with Crippen LogP contribution in [0.4, 0.5) is 17.6 Å². The topological polar surface area (TPSA) is 94.1 Å². The number of ether oxygens (including phenoxy) is 1. The van der Waals surface area contributed by atoms with Crippen LogP contribution in [0.1, 0.15) is 23.6 Å². The van der Waals surface area contributed by atoms with E-state index in [0.29, 0.717) is 23.4 Å². The average molecular weight is 524 g/mol. The van der Waals surface area contributed by atoms with Crippen molar-refractivity contribution in [2.75, 3.05) is 7.11 Å². The minimum absolute atomic E-state index is 0.0195. The van der Waals surface area contributed by atoms with Gasteiger partial charge in [-0.05, 0) is 67.1 Å². The predicted molar refractivity (Wildman–Crippen MR) is 123 cm³/mol. The zero-order chi connectivity index (χ0) is 26.5. The van der Waals surface area contributed by atoms with E-state index in [1.54, 1.807) is 24.3 Å². The Bertz CT molecular complexity index is 1390. The smallest absolute Gasteiger partial charge is 0.416 e. The van der Waals surface area contributed by atoms with Gasteiger partial charge in [-0.2, -0.15) is 26.7 Å². The Morgan fingerprint density at radius 3 is 2.36 bits per heavy atom. The summed E-state index contributed by atoms with van der Waals surface area (Å²) in [5.41, 5.74) is 1.85. The standard InChI is InChI=1S/C24H20F4N2O5S/c1-15(29-30-23(31)13-16-4-3-5-19(12-16)34-2)21-14-18(25)8-11-22(21)35-36(32,33)20-9-6-17(7-10-20)24(26,27)28/h3-12,14H,13H2,1-2H3,(H,30,31). The highest BCUT2D eigenvalue weighted by atomic mass is 32.2. The Balaban J connectivity index is 1.79. The van der Waals surface area contributed by atoms with Crippen LogP contribution >= 0.6 is 0 Å². The Morgan fingerprint density at radius 1 is 1.03 bits per heavy atom. The van der Waals surface area contributed by atoms with Gasteiger partial charge in [-0.25, -0.2) is 9.82 Å². The van der Waals surface area contributed by atoms with E-state index >= 15 is 0 Å². The first-order chi connectivity index (χ1) is 16.9. The van der Waals surface area contributed by atoms with Crippen LogP contribution in [0.2, 0.25) is 0 Å². The number of hydrazone groups is 1. The summed E-state index contributed by atoms with van der Waals surface area (Å²) < 4.78 is 87.6. The van der Waals surface area contributed by atoms with Crippen molar-refractivity contribution >= 4 is 21.7 Å². The van der Waals surface area contributed by atoms with Gasteiger partial charge in [0.05, 0.1) is 24.8 Å². The number of carbonyl (C=O) groups is 1. The third-order valence-electron chi connectivity index (χ3n) is 4.85. The van der Waals surface area contributed by atoms with Crippen LogP contribution in [0.5, 0.6) is 11.5 Å². The molecule has 1 amide bonds. The average Bonchev–Trinajstić information content (AvgIpc) is 2.83. The van der Waals surface area contributed by atoms with E-state index in [1.165, 1.54) is 14.0 Å². The van der Waals surface area contributed by atoms with Crippen molar-refractivity contribution in [1.29, 1.82) is 0 Å². The molecule has 36 heavy (non-hydrogen) atoms. The number of halogens is 4.